The minimum atomic E-state index is 0.332. The molecule has 0 bridgehead atoms. The predicted molar refractivity (Wildman–Crippen MR) is 323 cm³/mol. The Balaban J connectivity index is 0.000000240. The molecule has 0 aromatic heterocycles. The highest BCUT2D eigenvalue weighted by atomic mass is 15.1. The minimum absolute atomic E-state index is 0.332. The first-order chi connectivity index (χ1) is 35.5. The number of rotatable bonds is 10. The van der Waals surface area contributed by atoms with E-state index < -0.39 is 0 Å². The van der Waals surface area contributed by atoms with Gasteiger partial charge in [-0.25, -0.2) is 0 Å². The van der Waals surface area contributed by atoms with Crippen molar-refractivity contribution in [3.63, 3.8) is 0 Å². The Morgan fingerprint density at radius 1 is 0.493 bits per heavy atom. The van der Waals surface area contributed by atoms with Gasteiger partial charge < -0.3 is 0 Å². The third kappa shape index (κ3) is 16.5. The van der Waals surface area contributed by atoms with Gasteiger partial charge in [0.2, 0.25) is 0 Å². The van der Waals surface area contributed by atoms with Crippen molar-refractivity contribution in [2.45, 2.75) is 113 Å². The molecule has 0 radical (unpaired) electrons. The van der Waals surface area contributed by atoms with Crippen LogP contribution in [0.2, 0.25) is 0 Å². The maximum atomic E-state index is 4.00. The average Bonchev–Trinajstić information content (AvgIpc) is 3.46. The van der Waals surface area contributed by atoms with Gasteiger partial charge in [0.15, 0.2) is 0 Å². The van der Waals surface area contributed by atoms with Gasteiger partial charge in [-0.1, -0.05) is 266 Å². The Kier molecular flexibility index (Phi) is 25.3. The van der Waals surface area contributed by atoms with E-state index >= 15 is 0 Å². The first-order valence-corrected chi connectivity index (χ1v) is 26.8. The average molecular weight is 964 g/mol. The van der Waals surface area contributed by atoms with E-state index in [-0.39, 0.29) is 0 Å². The summed E-state index contributed by atoms with van der Waals surface area (Å²) in [5.74, 6) is 1.91. The highest BCUT2D eigenvalue weighted by Crippen LogP contribution is 2.46. The van der Waals surface area contributed by atoms with Crippen LogP contribution in [0.5, 0.6) is 0 Å². The van der Waals surface area contributed by atoms with Crippen LogP contribution in [0.1, 0.15) is 119 Å². The third-order valence-electron chi connectivity index (χ3n) is 14.6. The van der Waals surface area contributed by atoms with Crippen molar-refractivity contribution in [3.8, 4) is 46.2 Å². The molecule has 0 N–H and O–H groups in total. The van der Waals surface area contributed by atoms with E-state index in [2.05, 4.69) is 281 Å². The van der Waals surface area contributed by atoms with Crippen molar-refractivity contribution in [2.75, 3.05) is 7.05 Å². The van der Waals surface area contributed by atoms with Gasteiger partial charge in [0, 0.05) is 12.1 Å². The van der Waals surface area contributed by atoms with Crippen LogP contribution in [0.4, 0.5) is 0 Å². The summed E-state index contributed by atoms with van der Waals surface area (Å²) in [6.45, 7) is 24.4. The van der Waals surface area contributed by atoms with E-state index in [1.807, 2.05) is 38.1 Å². The number of terminal acetylenes is 1. The van der Waals surface area contributed by atoms with Crippen LogP contribution in [0.3, 0.4) is 0 Å². The van der Waals surface area contributed by atoms with Crippen molar-refractivity contribution in [3.05, 3.63) is 257 Å². The largest absolute Gasteiger partial charge is 0.297 e. The molecule has 8 aromatic rings. The Labute approximate surface area is 444 Å². The zero-order valence-electron chi connectivity index (χ0n) is 46.4. The Morgan fingerprint density at radius 2 is 0.918 bits per heavy atom. The van der Waals surface area contributed by atoms with Crippen LogP contribution in [0.25, 0.3) is 39.0 Å². The van der Waals surface area contributed by atoms with Gasteiger partial charge in [0.1, 0.15) is 0 Å². The van der Waals surface area contributed by atoms with Crippen molar-refractivity contribution >= 4 is 5.57 Å². The lowest BCUT2D eigenvalue weighted by molar-refractivity contribution is 0.193. The fraction of sp³-hybridized carbons (Fsp3) is 0.278. The molecule has 1 nitrogen and oxygen atoms in total. The molecule has 9 rings (SSSR count). The molecule has 1 aliphatic carbocycles. The van der Waals surface area contributed by atoms with Gasteiger partial charge in [-0.15, -0.1) is 12.8 Å². The molecular weight excluding hydrogens is 879 g/mol. The van der Waals surface area contributed by atoms with Crippen molar-refractivity contribution < 1.29 is 0 Å². The topological polar surface area (TPSA) is 3.24 Å². The van der Waals surface area contributed by atoms with Crippen molar-refractivity contribution in [2.24, 2.45) is 11.8 Å². The van der Waals surface area contributed by atoms with E-state index in [4.69, 9.17) is 0 Å². The monoisotopic (exact) mass is 964 g/mol. The second-order valence-electron chi connectivity index (χ2n) is 19.0. The van der Waals surface area contributed by atoms with Gasteiger partial charge in [-0.2, -0.15) is 0 Å². The quantitative estimate of drug-likeness (QED) is 0.123. The minimum Gasteiger partial charge on any atom is -0.297 e. The molecule has 378 valence electrons. The number of aryl methyl sites for hydroxylation is 4. The molecule has 1 aliphatic rings. The first-order valence-electron chi connectivity index (χ1n) is 26.8. The van der Waals surface area contributed by atoms with E-state index in [1.54, 1.807) is 0 Å². The van der Waals surface area contributed by atoms with Crippen LogP contribution < -0.4 is 0 Å². The normalized spacial score (nSPS) is 15.2. The van der Waals surface area contributed by atoms with Gasteiger partial charge in [0.05, 0.1) is 0 Å². The smallest absolute Gasteiger partial charge is 0.0325 e. The van der Waals surface area contributed by atoms with Gasteiger partial charge in [-0.3, -0.25) is 4.90 Å². The summed E-state index contributed by atoms with van der Waals surface area (Å²) in [4.78, 5) is 2.49. The Hall–Kier alpha value is -6.98. The third-order valence-corrected chi connectivity index (χ3v) is 14.6. The van der Waals surface area contributed by atoms with Crippen molar-refractivity contribution in [1.82, 2.24) is 4.90 Å². The number of hydrogen-bond acceptors (Lipinski definition) is 1. The zero-order valence-corrected chi connectivity index (χ0v) is 46.4. The zero-order chi connectivity index (χ0) is 53.1. The van der Waals surface area contributed by atoms with Crippen LogP contribution in [-0.2, 0) is 6.42 Å². The lowest BCUT2D eigenvalue weighted by Gasteiger charge is -2.36. The van der Waals surface area contributed by atoms with E-state index in [0.717, 1.165) is 19.3 Å². The van der Waals surface area contributed by atoms with E-state index in [0.29, 0.717) is 29.8 Å². The lowest BCUT2D eigenvalue weighted by atomic mass is 9.68. The number of benzene rings is 8. The second-order valence-corrected chi connectivity index (χ2v) is 19.0. The molecule has 5 atom stereocenters. The summed E-state index contributed by atoms with van der Waals surface area (Å²) in [7, 11) is 2.24. The summed E-state index contributed by atoms with van der Waals surface area (Å²) < 4.78 is 0. The molecule has 1 heteroatoms. The summed E-state index contributed by atoms with van der Waals surface area (Å²) in [5.41, 5.74) is 19.1. The fourth-order valence-corrected chi connectivity index (χ4v) is 9.74. The standard InChI is InChI=1S/C31H33N.C22H26.C8H10.C7H8.C2H6.C2H2/c1-5-23(2)32(4)24(3)26-17-9-11-19-28(26)30-21-13-14-22-31(30)29-20-12-10-18-27(29)25-15-7-6-8-16-25;1-15-9-5-7-11-19(15)21-13-14-22(18(4)17(21)3)20-12-8-6-10-16(20)2;1-2-8-6-4-3-5-7-8;1-7-5-3-2-4-6-7;2*1-2/h6-24H,5H2,1-4H3;5-13,17-18,22H,14H2,1-4H3;3-7H,2H2,1H3;2-6H,1H3;1-2H3;1-2H. The van der Waals surface area contributed by atoms with Gasteiger partial charge >= 0.3 is 0 Å². The number of allylic oxidation sites excluding steroid dienone is 2. The summed E-state index contributed by atoms with van der Waals surface area (Å²) >= 11 is 0. The molecule has 0 heterocycles. The highest BCUT2D eigenvalue weighted by Gasteiger charge is 2.31. The van der Waals surface area contributed by atoms with E-state index in [9.17, 15) is 0 Å². The SMILES string of the molecule is C#C.CC.CCC(C)N(C)C(C)c1ccccc1-c1ccccc1-c1ccccc1-c1ccccc1.CCc1ccccc1.Cc1ccccc1.Cc1ccccc1C1=CCC(c2ccccc2C)C(C)C1C. The molecule has 8 aromatic carbocycles. The highest BCUT2D eigenvalue weighted by molar-refractivity contribution is 5.92. The van der Waals surface area contributed by atoms with Crippen LogP contribution in [0.15, 0.2) is 218 Å². The fourth-order valence-electron chi connectivity index (χ4n) is 9.74. The predicted octanol–water partition coefficient (Wildman–Crippen LogP) is 20.1. The van der Waals surface area contributed by atoms with Gasteiger partial charge in [-0.05, 0) is 151 Å². The molecule has 0 fully saturated rings. The Bertz CT molecular complexity index is 2830. The molecule has 0 spiro atoms. The molecule has 0 saturated carbocycles. The second kappa shape index (κ2) is 31.5. The lowest BCUT2D eigenvalue weighted by Crippen LogP contribution is -2.31. The summed E-state index contributed by atoms with van der Waals surface area (Å²) in [6, 6.07) is 76.4. The van der Waals surface area contributed by atoms with Crippen LogP contribution in [-0.4, -0.2) is 18.0 Å². The molecule has 5 unspecified atom stereocenters. The molecule has 0 saturated heterocycles. The van der Waals surface area contributed by atoms with Crippen LogP contribution in [0, 0.1) is 45.5 Å². The van der Waals surface area contributed by atoms with Crippen LogP contribution >= 0.6 is 0 Å². The molecule has 73 heavy (non-hydrogen) atoms. The van der Waals surface area contributed by atoms with Gasteiger partial charge in [0.25, 0.3) is 0 Å². The van der Waals surface area contributed by atoms with Crippen molar-refractivity contribution in [1.29, 1.82) is 0 Å². The van der Waals surface area contributed by atoms with E-state index in [1.165, 1.54) is 77.9 Å². The molecule has 0 amide bonds. The number of nitrogens with zero attached hydrogens (tertiary/aromatic N) is 1. The molecule has 0 aliphatic heterocycles. The summed E-state index contributed by atoms with van der Waals surface area (Å²) in [6.07, 6.45) is 13.9. The maximum absolute atomic E-state index is 4.00. The Morgan fingerprint density at radius 3 is 1.41 bits per heavy atom. The summed E-state index contributed by atoms with van der Waals surface area (Å²) in [5, 5.41) is 0. The number of hydrogen-bond donors (Lipinski definition) is 0. The molecular formula is C72H85N. The maximum Gasteiger partial charge on any atom is 0.0325 e. The first kappa shape index (κ1) is 58.6.